The van der Waals surface area contributed by atoms with Crippen LogP contribution in [-0.2, 0) is 4.79 Å². The Morgan fingerprint density at radius 2 is 2.21 bits per heavy atom. The Kier molecular flexibility index (Phi) is 5.32. The van der Waals surface area contributed by atoms with Gasteiger partial charge in [-0.2, -0.15) is 5.26 Å². The Morgan fingerprint density at radius 1 is 1.34 bits per heavy atom. The fourth-order valence-corrected chi connectivity index (χ4v) is 3.98. The average molecular weight is 406 g/mol. The van der Waals surface area contributed by atoms with Gasteiger partial charge in [0.05, 0.1) is 22.7 Å². The number of piperidine rings is 1. The Hall–Kier alpha value is -3.17. The summed E-state index contributed by atoms with van der Waals surface area (Å²) in [6.45, 7) is 3.19. The number of rotatable bonds is 3. The first-order valence-electron chi connectivity index (χ1n) is 9.53. The Bertz CT molecular complexity index is 1120. The van der Waals surface area contributed by atoms with Crippen LogP contribution < -0.4 is 10.2 Å². The second kappa shape index (κ2) is 8.06. The molecule has 146 valence electrons. The van der Waals surface area contributed by atoms with Crippen LogP contribution in [0, 0.1) is 24.2 Å². The van der Waals surface area contributed by atoms with E-state index in [0.29, 0.717) is 22.9 Å². The minimum Gasteiger partial charge on any atom is -0.369 e. The second-order valence-corrected chi connectivity index (χ2v) is 7.67. The van der Waals surface area contributed by atoms with Crippen molar-refractivity contribution < 1.29 is 4.79 Å². The van der Waals surface area contributed by atoms with Crippen LogP contribution in [0.25, 0.3) is 10.9 Å². The van der Waals surface area contributed by atoms with Gasteiger partial charge in [0.15, 0.2) is 0 Å². The minimum absolute atomic E-state index is 0.0531. The molecule has 29 heavy (non-hydrogen) atoms. The predicted molar refractivity (Wildman–Crippen MR) is 114 cm³/mol. The third kappa shape index (κ3) is 4.01. The van der Waals surface area contributed by atoms with Crippen molar-refractivity contribution in [3.05, 3.63) is 58.9 Å². The van der Waals surface area contributed by atoms with E-state index in [4.69, 9.17) is 11.6 Å². The lowest BCUT2D eigenvalue weighted by atomic mass is 9.95. The van der Waals surface area contributed by atoms with E-state index in [1.54, 1.807) is 18.3 Å². The number of halogens is 1. The molecule has 0 saturated carbocycles. The third-order valence-corrected chi connectivity index (χ3v) is 5.41. The van der Waals surface area contributed by atoms with Crippen LogP contribution in [0.4, 0.5) is 11.5 Å². The second-order valence-electron chi connectivity index (χ2n) is 7.23. The standard InChI is InChI=1S/C22H20ClN5O/c1-14-4-2-6-20(26-14)27-22(29)15-5-3-9-28(13-15)21-16(11-24)12-25-19-8-7-17(23)10-18(19)21/h2,4,6-8,10,12,15H,3,5,9,13H2,1H3,(H,26,27,29). The van der Waals surface area contributed by atoms with Crippen LogP contribution in [0.3, 0.4) is 0 Å². The quantitative estimate of drug-likeness (QED) is 0.701. The molecule has 1 aromatic carbocycles. The summed E-state index contributed by atoms with van der Waals surface area (Å²) in [6, 6.07) is 13.3. The van der Waals surface area contributed by atoms with E-state index in [9.17, 15) is 10.1 Å². The van der Waals surface area contributed by atoms with Gasteiger partial charge in [-0.25, -0.2) is 4.98 Å². The topological polar surface area (TPSA) is 81.9 Å². The van der Waals surface area contributed by atoms with Crippen LogP contribution in [-0.4, -0.2) is 29.0 Å². The summed E-state index contributed by atoms with van der Waals surface area (Å²) in [5.74, 6) is 0.314. The van der Waals surface area contributed by atoms with Gasteiger partial charge < -0.3 is 10.2 Å². The molecule has 1 aliphatic heterocycles. The van der Waals surface area contributed by atoms with E-state index in [0.717, 1.165) is 41.7 Å². The molecule has 0 spiro atoms. The van der Waals surface area contributed by atoms with E-state index < -0.39 is 0 Å². The zero-order valence-corrected chi connectivity index (χ0v) is 16.8. The highest BCUT2D eigenvalue weighted by Crippen LogP contribution is 2.34. The molecule has 1 amide bonds. The normalized spacial score (nSPS) is 16.4. The molecule has 7 heteroatoms. The maximum atomic E-state index is 12.9. The molecular formula is C22H20ClN5O. The van der Waals surface area contributed by atoms with Crippen LogP contribution in [0.5, 0.6) is 0 Å². The van der Waals surface area contributed by atoms with Crippen molar-refractivity contribution in [2.45, 2.75) is 19.8 Å². The molecule has 1 aliphatic rings. The summed E-state index contributed by atoms with van der Waals surface area (Å²) >= 11 is 6.21. The number of benzene rings is 1. The average Bonchev–Trinajstić information content (AvgIpc) is 2.73. The molecule has 4 rings (SSSR count). The van der Waals surface area contributed by atoms with E-state index >= 15 is 0 Å². The number of pyridine rings is 2. The smallest absolute Gasteiger partial charge is 0.230 e. The van der Waals surface area contributed by atoms with Crippen molar-refractivity contribution in [1.82, 2.24) is 9.97 Å². The summed E-state index contributed by atoms with van der Waals surface area (Å²) in [4.78, 5) is 23.7. The van der Waals surface area contributed by atoms with Crippen LogP contribution in [0.15, 0.2) is 42.6 Å². The Morgan fingerprint density at radius 3 is 3.00 bits per heavy atom. The monoisotopic (exact) mass is 405 g/mol. The number of carbonyl (C=O) groups is 1. The fraction of sp³-hybridized carbons (Fsp3) is 0.273. The fourth-order valence-electron chi connectivity index (χ4n) is 3.81. The molecule has 0 radical (unpaired) electrons. The molecule has 1 fully saturated rings. The molecule has 1 saturated heterocycles. The van der Waals surface area contributed by atoms with Crippen molar-refractivity contribution in [2.24, 2.45) is 5.92 Å². The number of nitrogens with zero attached hydrogens (tertiary/aromatic N) is 4. The summed E-state index contributed by atoms with van der Waals surface area (Å²) in [5, 5.41) is 14.0. The van der Waals surface area contributed by atoms with E-state index in [1.165, 1.54) is 0 Å². The SMILES string of the molecule is Cc1cccc(NC(=O)C2CCCN(c3c(C#N)cnc4ccc(Cl)cc34)C2)n1. The number of fused-ring (bicyclic) bond motifs is 1. The summed E-state index contributed by atoms with van der Waals surface area (Å²) in [5.41, 5.74) is 2.91. The number of hydrogen-bond donors (Lipinski definition) is 1. The minimum atomic E-state index is -0.194. The highest BCUT2D eigenvalue weighted by molar-refractivity contribution is 6.31. The van der Waals surface area contributed by atoms with Crippen molar-refractivity contribution in [1.29, 1.82) is 5.26 Å². The number of aromatic nitrogens is 2. The maximum absolute atomic E-state index is 12.9. The van der Waals surface area contributed by atoms with Crippen molar-refractivity contribution in [2.75, 3.05) is 23.3 Å². The Labute approximate surface area is 174 Å². The van der Waals surface area contributed by atoms with E-state index in [2.05, 4.69) is 26.3 Å². The summed E-state index contributed by atoms with van der Waals surface area (Å²) < 4.78 is 0. The number of carbonyl (C=O) groups excluding carboxylic acids is 1. The van der Waals surface area contributed by atoms with Crippen molar-refractivity contribution in [3.8, 4) is 6.07 Å². The van der Waals surface area contributed by atoms with Gasteiger partial charge in [-0.1, -0.05) is 17.7 Å². The molecule has 1 unspecified atom stereocenters. The van der Waals surface area contributed by atoms with E-state index in [-0.39, 0.29) is 11.8 Å². The zero-order valence-electron chi connectivity index (χ0n) is 16.0. The molecule has 3 heterocycles. The lowest BCUT2D eigenvalue weighted by molar-refractivity contribution is -0.120. The van der Waals surface area contributed by atoms with Gasteiger partial charge >= 0.3 is 0 Å². The van der Waals surface area contributed by atoms with Gasteiger partial charge in [-0.3, -0.25) is 9.78 Å². The van der Waals surface area contributed by atoms with E-state index in [1.807, 2.05) is 31.2 Å². The maximum Gasteiger partial charge on any atom is 0.230 e. The van der Waals surface area contributed by atoms with Crippen LogP contribution >= 0.6 is 11.6 Å². The highest BCUT2D eigenvalue weighted by Gasteiger charge is 2.28. The highest BCUT2D eigenvalue weighted by atomic mass is 35.5. The molecule has 0 aliphatic carbocycles. The van der Waals surface area contributed by atoms with Gasteiger partial charge in [-0.05, 0) is 50.1 Å². The van der Waals surface area contributed by atoms with Gasteiger partial charge in [0.2, 0.25) is 5.91 Å². The predicted octanol–water partition coefficient (Wildman–Crippen LogP) is 4.32. The number of hydrogen-bond acceptors (Lipinski definition) is 5. The summed E-state index contributed by atoms with van der Waals surface area (Å²) in [7, 11) is 0. The number of nitriles is 1. The number of aryl methyl sites for hydroxylation is 1. The van der Waals surface area contributed by atoms with Crippen molar-refractivity contribution >= 4 is 39.9 Å². The zero-order chi connectivity index (χ0) is 20.4. The van der Waals surface area contributed by atoms with Gasteiger partial charge in [0, 0.05) is 35.4 Å². The van der Waals surface area contributed by atoms with Crippen LogP contribution in [0.1, 0.15) is 24.1 Å². The first-order valence-corrected chi connectivity index (χ1v) is 9.91. The molecule has 6 nitrogen and oxygen atoms in total. The summed E-state index contributed by atoms with van der Waals surface area (Å²) in [6.07, 6.45) is 3.24. The number of anilines is 2. The first-order chi connectivity index (χ1) is 14.0. The van der Waals surface area contributed by atoms with Crippen molar-refractivity contribution in [3.63, 3.8) is 0 Å². The Balaban J connectivity index is 1.62. The van der Waals surface area contributed by atoms with Gasteiger partial charge in [0.25, 0.3) is 0 Å². The lowest BCUT2D eigenvalue weighted by Gasteiger charge is -2.34. The van der Waals surface area contributed by atoms with Gasteiger partial charge in [-0.15, -0.1) is 0 Å². The largest absolute Gasteiger partial charge is 0.369 e. The molecule has 1 N–H and O–H groups in total. The molecule has 0 bridgehead atoms. The molecule has 1 atom stereocenters. The lowest BCUT2D eigenvalue weighted by Crippen LogP contribution is -2.41. The molecular weight excluding hydrogens is 386 g/mol. The molecule has 3 aromatic rings. The third-order valence-electron chi connectivity index (χ3n) is 5.17. The molecule has 2 aromatic heterocycles. The van der Waals surface area contributed by atoms with Gasteiger partial charge in [0.1, 0.15) is 11.9 Å². The number of amides is 1. The first kappa shape index (κ1) is 19.2. The number of nitrogens with one attached hydrogen (secondary N) is 1. The van der Waals surface area contributed by atoms with Crippen LogP contribution in [0.2, 0.25) is 5.02 Å².